The minimum absolute atomic E-state index is 0. The molecule has 1 aliphatic rings. The van der Waals surface area contributed by atoms with Crippen LogP contribution in [0.25, 0.3) is 11.3 Å². The van der Waals surface area contributed by atoms with E-state index in [1.165, 1.54) is 11.3 Å². The van der Waals surface area contributed by atoms with Crippen molar-refractivity contribution >= 4 is 81.5 Å². The third kappa shape index (κ3) is 2.90. The van der Waals surface area contributed by atoms with Crippen molar-refractivity contribution in [2.75, 3.05) is 4.90 Å². The Kier molecular flexibility index (Phi) is 5.17. The molecule has 0 atom stereocenters. The number of nitrogens with zero attached hydrogens (tertiary/aromatic N) is 1. The predicted octanol–water partition coefficient (Wildman–Crippen LogP) is 2.74. The number of aliphatic hydroxyl groups excluding tert-OH is 1. The van der Waals surface area contributed by atoms with E-state index in [4.69, 9.17) is 17.3 Å². The number of benzene rings is 1. The summed E-state index contributed by atoms with van der Waals surface area (Å²) in [5.41, 5.74) is 5.12. The zero-order chi connectivity index (χ0) is 16.0. The number of rotatable bonds is 1. The van der Waals surface area contributed by atoms with Gasteiger partial charge >= 0.3 is 35.6 Å². The van der Waals surface area contributed by atoms with Gasteiger partial charge < -0.3 is 10.8 Å². The summed E-state index contributed by atoms with van der Waals surface area (Å²) in [5, 5.41) is 11.8. The number of imide groups is 1. The van der Waals surface area contributed by atoms with E-state index in [1.54, 1.807) is 17.5 Å². The number of nitrogens with two attached hydrogens (primary N) is 1. The van der Waals surface area contributed by atoms with Gasteiger partial charge in [-0.15, -0.1) is 11.3 Å². The van der Waals surface area contributed by atoms with Crippen LogP contribution in [0.2, 0.25) is 5.02 Å². The first kappa shape index (κ1) is 18.0. The number of hydrogen-bond acceptors (Lipinski definition) is 4. The van der Waals surface area contributed by atoms with Crippen LogP contribution in [0.3, 0.4) is 0 Å². The van der Waals surface area contributed by atoms with Crippen LogP contribution >= 0.6 is 22.9 Å². The van der Waals surface area contributed by atoms with Crippen molar-refractivity contribution in [3.05, 3.63) is 50.9 Å². The van der Waals surface area contributed by atoms with Crippen molar-refractivity contribution in [2.45, 2.75) is 0 Å². The van der Waals surface area contributed by atoms with E-state index >= 15 is 0 Å². The number of amides is 3. The van der Waals surface area contributed by atoms with Crippen molar-refractivity contribution in [3.8, 4) is 0 Å². The van der Waals surface area contributed by atoms with E-state index in [1.807, 2.05) is 0 Å². The number of carbonyl (C=O) groups is 2. The summed E-state index contributed by atoms with van der Waals surface area (Å²) in [6.07, 6.45) is 0. The van der Waals surface area contributed by atoms with Gasteiger partial charge in [0.15, 0.2) is 0 Å². The molecule has 3 N–H and O–H groups in total. The number of carbonyl (C=O) groups excluding carboxylic acids is 2. The Labute approximate surface area is 161 Å². The normalized spacial score (nSPS) is 15.2. The van der Waals surface area contributed by atoms with Crippen LogP contribution in [0, 0.1) is 5.82 Å². The molecule has 3 amide bonds. The number of fused-ring (bicyclic) bond motifs is 1. The minimum atomic E-state index is -1.04. The summed E-state index contributed by atoms with van der Waals surface area (Å²) in [6, 6.07) is 4.37. The van der Waals surface area contributed by atoms with Crippen LogP contribution in [0.15, 0.2) is 29.6 Å². The van der Waals surface area contributed by atoms with Crippen molar-refractivity contribution in [3.63, 3.8) is 0 Å². The molecular formula is C14H9ClFN2NaO3S. The topological polar surface area (TPSA) is 83.6 Å². The fraction of sp³-hybridized carbons (Fsp3) is 0. The number of halogens is 2. The Balaban J connectivity index is 0.00000192. The van der Waals surface area contributed by atoms with Gasteiger partial charge in [0.1, 0.15) is 11.6 Å². The third-order valence-corrected chi connectivity index (χ3v) is 4.34. The van der Waals surface area contributed by atoms with Crippen molar-refractivity contribution in [1.29, 1.82) is 0 Å². The van der Waals surface area contributed by atoms with Crippen LogP contribution < -0.4 is 10.6 Å². The van der Waals surface area contributed by atoms with E-state index in [-0.39, 0.29) is 57.2 Å². The van der Waals surface area contributed by atoms with Gasteiger partial charge in [-0.25, -0.2) is 14.1 Å². The van der Waals surface area contributed by atoms with Gasteiger partial charge in [-0.05, 0) is 23.6 Å². The van der Waals surface area contributed by atoms with Crippen LogP contribution in [0.1, 0.15) is 10.4 Å². The number of thiophene rings is 1. The first-order chi connectivity index (χ1) is 10.4. The van der Waals surface area contributed by atoms with Crippen molar-refractivity contribution in [2.24, 2.45) is 5.73 Å². The Bertz CT molecular complexity index is 839. The first-order valence-corrected chi connectivity index (χ1v) is 7.28. The summed E-state index contributed by atoms with van der Waals surface area (Å²) in [7, 11) is 0. The maximum atomic E-state index is 13.7. The van der Waals surface area contributed by atoms with E-state index in [0.717, 1.165) is 12.1 Å². The summed E-state index contributed by atoms with van der Waals surface area (Å²) < 4.78 is 13.7. The number of urea groups is 1. The van der Waals surface area contributed by atoms with Crippen LogP contribution in [0.4, 0.5) is 14.9 Å². The van der Waals surface area contributed by atoms with E-state index in [0.29, 0.717) is 9.78 Å². The van der Waals surface area contributed by atoms with Crippen LogP contribution in [0.5, 0.6) is 0 Å². The average molecular weight is 363 g/mol. The average Bonchev–Trinajstić information content (AvgIpc) is 3.05. The van der Waals surface area contributed by atoms with Crippen molar-refractivity contribution in [1.82, 2.24) is 0 Å². The van der Waals surface area contributed by atoms with Gasteiger partial charge in [0.05, 0.1) is 21.2 Å². The number of primary amides is 1. The van der Waals surface area contributed by atoms with Crippen LogP contribution in [-0.2, 0) is 4.79 Å². The van der Waals surface area contributed by atoms with E-state index in [9.17, 15) is 19.1 Å². The monoisotopic (exact) mass is 362 g/mol. The Morgan fingerprint density at radius 2 is 2.09 bits per heavy atom. The zero-order valence-corrected chi connectivity index (χ0v) is 12.4. The quantitative estimate of drug-likeness (QED) is 0.465. The maximum absolute atomic E-state index is 13.7. The molecule has 0 radical (unpaired) electrons. The predicted molar refractivity (Wildman–Crippen MR) is 89.4 cm³/mol. The van der Waals surface area contributed by atoms with Gasteiger partial charge in [0.25, 0.3) is 5.91 Å². The standard InChI is InChI=1S/C14H8ClFN2O3S.Na.H/c15-7-5-9-6(4-8(7)16)11(13(20)18(9)14(17)21)12(19)10-2-1-3-22-10;;/h1-5,19H,(H2,17,21);;/b12-11-;;. The van der Waals surface area contributed by atoms with Gasteiger partial charge in [-0.1, -0.05) is 17.7 Å². The molecule has 0 saturated carbocycles. The van der Waals surface area contributed by atoms with Gasteiger partial charge in [-0.3, -0.25) is 4.79 Å². The third-order valence-electron chi connectivity index (χ3n) is 3.18. The molecule has 0 saturated heterocycles. The summed E-state index contributed by atoms with van der Waals surface area (Å²) in [6.45, 7) is 0. The molecule has 3 rings (SSSR count). The molecular weight excluding hydrogens is 354 g/mol. The van der Waals surface area contributed by atoms with E-state index < -0.39 is 17.8 Å². The van der Waals surface area contributed by atoms with Crippen molar-refractivity contribution < 1.29 is 19.1 Å². The number of hydrogen-bond donors (Lipinski definition) is 2. The molecule has 1 aliphatic heterocycles. The zero-order valence-electron chi connectivity index (χ0n) is 10.8. The molecule has 23 heavy (non-hydrogen) atoms. The van der Waals surface area contributed by atoms with E-state index in [2.05, 4.69) is 0 Å². The fourth-order valence-corrected chi connectivity index (χ4v) is 3.07. The molecule has 2 aromatic rings. The van der Waals surface area contributed by atoms with Gasteiger partial charge in [0.2, 0.25) is 0 Å². The SMILES string of the molecule is NC(=O)N1C(=O)/C(=C(\O)c2cccs2)c2cc(F)c(Cl)cc21.[NaH]. The van der Waals surface area contributed by atoms with Gasteiger partial charge in [0, 0.05) is 5.56 Å². The van der Waals surface area contributed by atoms with Crippen LogP contribution in [-0.4, -0.2) is 46.6 Å². The molecule has 5 nitrogen and oxygen atoms in total. The Morgan fingerprint density at radius 3 is 2.65 bits per heavy atom. The Morgan fingerprint density at radius 1 is 1.39 bits per heavy atom. The molecule has 0 spiro atoms. The summed E-state index contributed by atoms with van der Waals surface area (Å²) >= 11 is 6.89. The molecule has 0 aliphatic carbocycles. The number of anilines is 1. The Hall–Kier alpha value is -1.38. The molecule has 9 heteroatoms. The molecule has 1 aromatic carbocycles. The second kappa shape index (κ2) is 6.62. The number of aliphatic hydroxyl groups is 1. The molecule has 0 bridgehead atoms. The molecule has 0 fully saturated rings. The second-order valence-electron chi connectivity index (χ2n) is 4.46. The van der Waals surface area contributed by atoms with Gasteiger partial charge in [-0.2, -0.15) is 0 Å². The summed E-state index contributed by atoms with van der Waals surface area (Å²) in [5.74, 6) is -1.93. The second-order valence-corrected chi connectivity index (χ2v) is 5.82. The molecule has 1 aromatic heterocycles. The molecule has 114 valence electrons. The molecule has 2 heterocycles. The first-order valence-electron chi connectivity index (χ1n) is 6.02. The molecule has 0 unspecified atom stereocenters. The summed E-state index contributed by atoms with van der Waals surface area (Å²) in [4.78, 5) is 25.0. The fourth-order valence-electron chi connectivity index (χ4n) is 2.24.